The summed E-state index contributed by atoms with van der Waals surface area (Å²) >= 11 is 0. The largest absolute Gasteiger partial charge is 0.458 e. The van der Waals surface area contributed by atoms with Gasteiger partial charge in [-0.05, 0) is 24.3 Å². The minimum atomic E-state index is -0.720. The van der Waals surface area contributed by atoms with Gasteiger partial charge in [0.15, 0.2) is 0 Å². The molecule has 0 radical (unpaired) electrons. The van der Waals surface area contributed by atoms with Crippen LogP contribution in [0.4, 0.5) is 11.4 Å². The summed E-state index contributed by atoms with van der Waals surface area (Å²) in [5, 5.41) is 31.0. The molecule has 1 aliphatic heterocycles. The van der Waals surface area contributed by atoms with Gasteiger partial charge in [-0.3, -0.25) is 20.2 Å². The van der Waals surface area contributed by atoms with Crippen LogP contribution < -0.4 is 4.74 Å². The average molecular weight is 340 g/mol. The van der Waals surface area contributed by atoms with Crippen molar-refractivity contribution in [3.05, 3.63) is 38.4 Å². The van der Waals surface area contributed by atoms with Crippen LogP contribution in [0.2, 0.25) is 0 Å². The molecule has 1 aromatic carbocycles. The van der Waals surface area contributed by atoms with Gasteiger partial charge in [-0.1, -0.05) is 13.8 Å². The lowest BCUT2D eigenvalue weighted by molar-refractivity contribution is -0.395. The second kappa shape index (κ2) is 7.54. The molecule has 1 heterocycles. The van der Waals surface area contributed by atoms with Crippen molar-refractivity contribution in [1.82, 2.24) is 0 Å². The minimum Gasteiger partial charge on any atom is -0.458 e. The molecule has 1 saturated heterocycles. The Bertz CT molecular complexity index is 622. The number of rotatable bonds is 6. The van der Waals surface area contributed by atoms with E-state index in [9.17, 15) is 20.2 Å². The van der Waals surface area contributed by atoms with Gasteiger partial charge in [-0.25, -0.2) is 0 Å². The summed E-state index contributed by atoms with van der Waals surface area (Å²) in [6.07, 6.45) is 0.0825. The number of ether oxygens (including phenoxy) is 2. The molecule has 0 saturated carbocycles. The van der Waals surface area contributed by atoms with E-state index in [1.54, 1.807) is 0 Å². The summed E-state index contributed by atoms with van der Waals surface area (Å²) in [6, 6.07) is 3.24. The predicted octanol–water partition coefficient (Wildman–Crippen LogP) is 2.65. The molecule has 0 spiro atoms. The fourth-order valence-corrected chi connectivity index (χ4v) is 2.80. The van der Waals surface area contributed by atoms with Gasteiger partial charge >= 0.3 is 5.69 Å². The zero-order valence-corrected chi connectivity index (χ0v) is 13.5. The molecular weight excluding hydrogens is 320 g/mol. The quantitative estimate of drug-likeness (QED) is 0.623. The molecule has 1 aromatic rings. The van der Waals surface area contributed by atoms with E-state index in [0.717, 1.165) is 12.1 Å². The van der Waals surface area contributed by atoms with E-state index >= 15 is 0 Å². The van der Waals surface area contributed by atoms with Crippen LogP contribution in [-0.4, -0.2) is 34.0 Å². The van der Waals surface area contributed by atoms with E-state index in [0.29, 0.717) is 12.8 Å². The number of hydrogen-bond donors (Lipinski definition) is 1. The maximum Gasteiger partial charge on any atom is 0.317 e. The first-order valence-electron chi connectivity index (χ1n) is 7.69. The zero-order valence-electron chi connectivity index (χ0n) is 13.5. The fraction of sp³-hybridized carbons (Fsp3) is 0.600. The molecule has 1 aliphatic rings. The Hall–Kier alpha value is -2.26. The van der Waals surface area contributed by atoms with Gasteiger partial charge < -0.3 is 14.6 Å². The van der Waals surface area contributed by atoms with Gasteiger partial charge in [0.25, 0.3) is 5.69 Å². The minimum absolute atomic E-state index is 0.0217. The number of aliphatic hydroxyl groups excluding tert-OH is 1. The standard InChI is InChI=1S/C15H20N2O7/c1-9-7-15(23-13(5-6-18)10(9)2)24-14-4-3-11(16(19)20)8-12(14)17(21)22/h3-4,8-10,13,15,18H,5-7H2,1-2H3/t9-,10?,13-,15+/m1/s1. The molecule has 2 rings (SSSR count). The highest BCUT2D eigenvalue weighted by Gasteiger charge is 2.35. The zero-order chi connectivity index (χ0) is 17.9. The number of nitro groups is 2. The molecule has 9 heteroatoms. The number of aliphatic hydroxyl groups is 1. The van der Waals surface area contributed by atoms with Crippen LogP contribution in [-0.2, 0) is 4.74 Å². The maximum atomic E-state index is 11.2. The van der Waals surface area contributed by atoms with Crippen molar-refractivity contribution in [2.24, 2.45) is 11.8 Å². The van der Waals surface area contributed by atoms with E-state index < -0.39 is 21.8 Å². The van der Waals surface area contributed by atoms with Crippen LogP contribution in [0.15, 0.2) is 18.2 Å². The molecular formula is C15H20N2O7. The third-order valence-electron chi connectivity index (χ3n) is 4.40. The number of nitrogens with zero attached hydrogens (tertiary/aromatic N) is 2. The Morgan fingerprint density at radius 1 is 1.29 bits per heavy atom. The summed E-state index contributed by atoms with van der Waals surface area (Å²) in [4.78, 5) is 20.5. The van der Waals surface area contributed by atoms with E-state index in [2.05, 4.69) is 0 Å². The third-order valence-corrected chi connectivity index (χ3v) is 4.40. The first-order valence-corrected chi connectivity index (χ1v) is 7.69. The molecule has 0 bridgehead atoms. The van der Waals surface area contributed by atoms with Crippen LogP contribution in [0, 0.1) is 32.1 Å². The second-order valence-corrected chi connectivity index (χ2v) is 5.97. The Kier molecular flexibility index (Phi) is 5.68. The van der Waals surface area contributed by atoms with Gasteiger partial charge in [0.2, 0.25) is 12.0 Å². The van der Waals surface area contributed by atoms with Crippen molar-refractivity contribution in [2.75, 3.05) is 6.61 Å². The van der Waals surface area contributed by atoms with Crippen molar-refractivity contribution < 1.29 is 24.4 Å². The molecule has 1 unspecified atom stereocenters. The summed E-state index contributed by atoms with van der Waals surface area (Å²) in [5.41, 5.74) is -0.850. The van der Waals surface area contributed by atoms with E-state index in [1.807, 2.05) is 13.8 Å². The summed E-state index contributed by atoms with van der Waals surface area (Å²) in [7, 11) is 0. The van der Waals surface area contributed by atoms with Crippen LogP contribution >= 0.6 is 0 Å². The molecule has 1 fully saturated rings. The van der Waals surface area contributed by atoms with E-state index in [4.69, 9.17) is 14.6 Å². The lowest BCUT2D eigenvalue weighted by Gasteiger charge is -2.38. The summed E-state index contributed by atoms with van der Waals surface area (Å²) in [5.74, 6) is 0.404. The highest BCUT2D eigenvalue weighted by Crippen LogP contribution is 2.36. The van der Waals surface area contributed by atoms with Crippen molar-refractivity contribution in [2.45, 2.75) is 39.1 Å². The Morgan fingerprint density at radius 2 is 2.00 bits per heavy atom. The van der Waals surface area contributed by atoms with Gasteiger partial charge in [0, 0.05) is 19.1 Å². The highest BCUT2D eigenvalue weighted by atomic mass is 16.7. The van der Waals surface area contributed by atoms with Crippen LogP contribution in [0.1, 0.15) is 26.7 Å². The Balaban J connectivity index is 2.20. The molecule has 4 atom stereocenters. The second-order valence-electron chi connectivity index (χ2n) is 5.97. The normalized spacial score (nSPS) is 26.8. The smallest absolute Gasteiger partial charge is 0.317 e. The summed E-state index contributed by atoms with van der Waals surface area (Å²) < 4.78 is 11.4. The molecule has 0 aliphatic carbocycles. The van der Waals surface area contributed by atoms with E-state index in [1.165, 1.54) is 6.07 Å². The van der Waals surface area contributed by atoms with E-state index in [-0.39, 0.29) is 36.0 Å². The summed E-state index contributed by atoms with van der Waals surface area (Å²) in [6.45, 7) is 4.03. The van der Waals surface area contributed by atoms with Crippen molar-refractivity contribution >= 4 is 11.4 Å². The molecule has 0 aromatic heterocycles. The van der Waals surface area contributed by atoms with Crippen LogP contribution in [0.5, 0.6) is 5.75 Å². The van der Waals surface area contributed by atoms with Crippen molar-refractivity contribution in [3.63, 3.8) is 0 Å². The Morgan fingerprint density at radius 3 is 2.58 bits per heavy atom. The topological polar surface area (TPSA) is 125 Å². The van der Waals surface area contributed by atoms with Crippen LogP contribution in [0.25, 0.3) is 0 Å². The lowest BCUT2D eigenvalue weighted by atomic mass is 9.84. The number of non-ortho nitro benzene ring substituents is 1. The molecule has 9 nitrogen and oxygen atoms in total. The van der Waals surface area contributed by atoms with Crippen LogP contribution in [0.3, 0.4) is 0 Å². The van der Waals surface area contributed by atoms with Gasteiger partial charge in [-0.15, -0.1) is 0 Å². The van der Waals surface area contributed by atoms with Crippen molar-refractivity contribution in [1.29, 1.82) is 0 Å². The molecule has 0 amide bonds. The average Bonchev–Trinajstić information content (AvgIpc) is 2.52. The number of nitro benzene ring substituents is 2. The fourth-order valence-electron chi connectivity index (χ4n) is 2.80. The predicted molar refractivity (Wildman–Crippen MR) is 83.7 cm³/mol. The molecule has 24 heavy (non-hydrogen) atoms. The first-order chi connectivity index (χ1) is 11.3. The Labute approximate surface area is 138 Å². The maximum absolute atomic E-state index is 11.2. The van der Waals surface area contributed by atoms with Gasteiger partial charge in [0.05, 0.1) is 22.0 Å². The van der Waals surface area contributed by atoms with Crippen molar-refractivity contribution in [3.8, 4) is 5.75 Å². The monoisotopic (exact) mass is 340 g/mol. The van der Waals surface area contributed by atoms with Gasteiger partial charge in [-0.2, -0.15) is 0 Å². The first kappa shape index (κ1) is 18.1. The molecule has 1 N–H and O–H groups in total. The highest BCUT2D eigenvalue weighted by molar-refractivity contribution is 5.53. The third kappa shape index (κ3) is 3.98. The number of hydrogen-bond acceptors (Lipinski definition) is 7. The number of benzene rings is 1. The SMILES string of the molecule is CC1[C@H](C)C[C@H](Oc2ccc([N+](=O)[O-])cc2[N+](=O)[O-])O[C@@H]1CCO. The lowest BCUT2D eigenvalue weighted by Crippen LogP contribution is -2.41. The molecule has 132 valence electrons. The van der Waals surface area contributed by atoms with Gasteiger partial charge in [0.1, 0.15) is 0 Å².